The van der Waals surface area contributed by atoms with Crippen molar-refractivity contribution in [2.75, 3.05) is 0 Å². The maximum atomic E-state index is 3.22. The molecule has 1 heterocycles. The van der Waals surface area contributed by atoms with Crippen LogP contribution >= 0.6 is 0 Å². The van der Waals surface area contributed by atoms with Gasteiger partial charge in [0.1, 0.15) is 0 Å². The highest BCUT2D eigenvalue weighted by Gasteiger charge is 2.28. The molecule has 0 aromatic rings. The van der Waals surface area contributed by atoms with Crippen LogP contribution in [0.15, 0.2) is 12.4 Å². The number of nitrogens with one attached hydrogen (secondary N) is 2. The fraction of sp³-hybridized carbons (Fsp3) is 0.913. The van der Waals surface area contributed by atoms with Gasteiger partial charge in [-0.05, 0) is 19.8 Å². The van der Waals surface area contributed by atoms with E-state index in [2.05, 4.69) is 42.9 Å². The van der Waals surface area contributed by atoms with Gasteiger partial charge in [0, 0.05) is 12.4 Å². The van der Waals surface area contributed by atoms with Crippen LogP contribution in [-0.2, 0) is 0 Å². The first-order chi connectivity index (χ1) is 12.7. The van der Waals surface area contributed by atoms with E-state index in [0.717, 1.165) is 0 Å². The van der Waals surface area contributed by atoms with Crippen molar-refractivity contribution in [3.63, 3.8) is 0 Å². The van der Waals surface area contributed by atoms with Crippen molar-refractivity contribution in [1.82, 2.24) is 16.0 Å². The fourth-order valence-electron chi connectivity index (χ4n) is 3.92. The van der Waals surface area contributed by atoms with Crippen LogP contribution in [0.2, 0.25) is 0 Å². The Morgan fingerprint density at radius 1 is 0.692 bits per heavy atom. The summed E-state index contributed by atoms with van der Waals surface area (Å²) in [6.45, 7) is 6.95. The third-order valence-corrected chi connectivity index (χ3v) is 6.15. The molecule has 0 bridgehead atoms. The summed E-state index contributed by atoms with van der Waals surface area (Å²) in [7, 11) is 0. The molecule has 0 amide bonds. The number of hydrogen-bond donors (Lipinski definition) is 2. The summed E-state index contributed by atoms with van der Waals surface area (Å²) in [5, 5.41) is 2.23. The van der Waals surface area contributed by atoms with Crippen LogP contribution in [0, 0.1) is 0 Å². The van der Waals surface area contributed by atoms with Crippen molar-refractivity contribution < 1.29 is 0 Å². The van der Waals surface area contributed by atoms with Gasteiger partial charge in [0.15, 0.2) is 0 Å². The second kappa shape index (κ2) is 15.4. The molecular formula is C23H47N3. The number of unbranched alkanes of at least 4 members (excludes halogenated alkanes) is 14. The average molecular weight is 366 g/mol. The predicted molar refractivity (Wildman–Crippen MR) is 115 cm³/mol. The third-order valence-electron chi connectivity index (χ3n) is 6.15. The molecule has 2 N–H and O–H groups in total. The Hall–Kier alpha value is -0.700. The van der Waals surface area contributed by atoms with E-state index in [4.69, 9.17) is 0 Å². The first-order valence-electron chi connectivity index (χ1n) is 11.7. The zero-order valence-corrected chi connectivity index (χ0v) is 18.1. The van der Waals surface area contributed by atoms with E-state index in [-0.39, 0.29) is 5.54 Å². The second-order valence-corrected chi connectivity index (χ2v) is 8.49. The van der Waals surface area contributed by atoms with Crippen molar-refractivity contribution in [3.05, 3.63) is 12.4 Å². The summed E-state index contributed by atoms with van der Waals surface area (Å²) >= 11 is 0. The van der Waals surface area contributed by atoms with Crippen LogP contribution in [0.1, 0.15) is 130 Å². The van der Waals surface area contributed by atoms with Gasteiger partial charge in [-0.1, -0.05) is 110 Å². The summed E-state index contributed by atoms with van der Waals surface area (Å²) in [5.41, 5.74) is 6.52. The molecule has 1 unspecified atom stereocenters. The van der Waals surface area contributed by atoms with E-state index in [1.807, 2.05) is 6.20 Å². The molecule has 1 atom stereocenters. The number of nitrogens with zero attached hydrogens (tertiary/aromatic N) is 1. The highest BCUT2D eigenvalue weighted by atomic mass is 15.7. The molecule has 0 aromatic carbocycles. The highest BCUT2D eigenvalue weighted by Crippen LogP contribution is 2.26. The van der Waals surface area contributed by atoms with Crippen LogP contribution < -0.4 is 11.0 Å². The lowest BCUT2D eigenvalue weighted by atomic mass is 9.90. The fourth-order valence-corrected chi connectivity index (χ4v) is 3.92. The quantitative estimate of drug-likeness (QED) is 0.251. The molecule has 0 fully saturated rings. The van der Waals surface area contributed by atoms with Crippen molar-refractivity contribution in [2.45, 2.75) is 135 Å². The van der Waals surface area contributed by atoms with Crippen molar-refractivity contribution in [3.8, 4) is 0 Å². The molecule has 0 saturated carbocycles. The molecule has 1 aliphatic heterocycles. The largest absolute Gasteiger partial charge is 0.310 e. The van der Waals surface area contributed by atoms with Crippen LogP contribution in [0.3, 0.4) is 0 Å². The van der Waals surface area contributed by atoms with Gasteiger partial charge in [-0.25, -0.2) is 0 Å². The molecule has 3 heteroatoms. The third kappa shape index (κ3) is 10.4. The number of rotatable bonds is 18. The van der Waals surface area contributed by atoms with Gasteiger partial charge in [0.2, 0.25) is 0 Å². The minimum Gasteiger partial charge on any atom is -0.310 e. The number of hydrogen-bond acceptors (Lipinski definition) is 3. The highest BCUT2D eigenvalue weighted by molar-refractivity contribution is 4.94. The Morgan fingerprint density at radius 3 is 1.54 bits per heavy atom. The molecule has 0 aromatic heterocycles. The summed E-state index contributed by atoms with van der Waals surface area (Å²) in [6, 6.07) is 0. The van der Waals surface area contributed by atoms with Gasteiger partial charge in [-0.2, -0.15) is 0 Å². The van der Waals surface area contributed by atoms with Crippen LogP contribution in [0.25, 0.3) is 0 Å². The molecule has 0 spiro atoms. The smallest absolute Gasteiger partial charge is 0.0544 e. The van der Waals surface area contributed by atoms with Crippen molar-refractivity contribution in [2.24, 2.45) is 0 Å². The topological polar surface area (TPSA) is 27.3 Å². The molecule has 1 rings (SSSR count). The van der Waals surface area contributed by atoms with E-state index in [1.54, 1.807) is 0 Å². The minimum atomic E-state index is 0.233. The Balaban J connectivity index is 1.84. The van der Waals surface area contributed by atoms with E-state index < -0.39 is 0 Å². The Morgan fingerprint density at radius 2 is 1.15 bits per heavy atom. The van der Waals surface area contributed by atoms with Crippen LogP contribution in [0.4, 0.5) is 0 Å². The lowest BCUT2D eigenvalue weighted by Crippen LogP contribution is -2.50. The Bertz CT molecular complexity index is 342. The monoisotopic (exact) mass is 365 g/mol. The van der Waals surface area contributed by atoms with E-state index in [9.17, 15) is 0 Å². The van der Waals surface area contributed by atoms with Gasteiger partial charge in [-0.15, -0.1) is 5.53 Å². The molecule has 26 heavy (non-hydrogen) atoms. The minimum absolute atomic E-state index is 0.233. The standard InChI is InChI=1S/C23H47N3/c1-4-6-7-8-9-10-11-12-13-14-15-16-17-18-19-20-23(3,5-2)26-22-21-24-25-26/h21-22,24-25H,4-20H2,1-3H3. The van der Waals surface area contributed by atoms with E-state index in [1.165, 1.54) is 109 Å². The molecular weight excluding hydrogens is 318 g/mol. The first-order valence-corrected chi connectivity index (χ1v) is 11.7. The lowest BCUT2D eigenvalue weighted by Gasteiger charge is -2.37. The van der Waals surface area contributed by atoms with Gasteiger partial charge in [0.05, 0.1) is 5.54 Å². The SMILES string of the molecule is CCCCCCCCCCCCCCCCCC(C)(CC)N1C=CNN1. The number of hydrazine groups is 2. The summed E-state index contributed by atoms with van der Waals surface area (Å²) in [4.78, 5) is 0. The lowest BCUT2D eigenvalue weighted by molar-refractivity contribution is 0.0887. The molecule has 0 radical (unpaired) electrons. The molecule has 1 aliphatic rings. The second-order valence-electron chi connectivity index (χ2n) is 8.49. The molecule has 0 aliphatic carbocycles. The molecule has 0 saturated heterocycles. The predicted octanol–water partition coefficient (Wildman–Crippen LogP) is 7.21. The summed E-state index contributed by atoms with van der Waals surface area (Å²) < 4.78 is 0. The van der Waals surface area contributed by atoms with Gasteiger partial charge in [-0.3, -0.25) is 5.01 Å². The van der Waals surface area contributed by atoms with Gasteiger partial charge in [0.25, 0.3) is 0 Å². The Labute approximate surface area is 164 Å². The van der Waals surface area contributed by atoms with Crippen LogP contribution in [-0.4, -0.2) is 10.5 Å². The van der Waals surface area contributed by atoms with Crippen LogP contribution in [0.5, 0.6) is 0 Å². The first kappa shape index (κ1) is 23.3. The zero-order valence-electron chi connectivity index (χ0n) is 18.1. The Kier molecular flexibility index (Phi) is 13.8. The normalized spacial score (nSPS) is 16.0. The summed E-state index contributed by atoms with van der Waals surface area (Å²) in [5.74, 6) is 0. The average Bonchev–Trinajstić information content (AvgIpc) is 3.20. The van der Waals surface area contributed by atoms with E-state index in [0.29, 0.717) is 0 Å². The molecule has 3 nitrogen and oxygen atoms in total. The summed E-state index contributed by atoms with van der Waals surface area (Å²) in [6.07, 6.45) is 28.1. The maximum Gasteiger partial charge on any atom is 0.0544 e. The van der Waals surface area contributed by atoms with Gasteiger partial charge >= 0.3 is 0 Å². The van der Waals surface area contributed by atoms with Crippen molar-refractivity contribution in [1.29, 1.82) is 0 Å². The molecule has 154 valence electrons. The van der Waals surface area contributed by atoms with Gasteiger partial charge < -0.3 is 5.43 Å². The van der Waals surface area contributed by atoms with E-state index >= 15 is 0 Å². The maximum absolute atomic E-state index is 3.22. The van der Waals surface area contributed by atoms with Crippen molar-refractivity contribution >= 4 is 0 Å². The zero-order chi connectivity index (χ0) is 18.9.